The number of hydrogen-bond donors (Lipinski definition) is 1. The monoisotopic (exact) mass is 548 g/mol. The molecule has 9 heteroatoms. The second kappa shape index (κ2) is 13.5. The maximum absolute atomic E-state index is 12.6. The summed E-state index contributed by atoms with van der Waals surface area (Å²) in [6, 6.07) is 0. The van der Waals surface area contributed by atoms with Gasteiger partial charge in [0.05, 0.1) is 11.6 Å². The van der Waals surface area contributed by atoms with Crippen molar-refractivity contribution in [2.75, 3.05) is 59.4 Å². The number of guanidine groups is 1. The highest BCUT2D eigenvalue weighted by Gasteiger charge is 2.23. The van der Waals surface area contributed by atoms with E-state index in [1.165, 1.54) is 22.7 Å². The summed E-state index contributed by atoms with van der Waals surface area (Å²) >= 11 is 1.80. The Morgan fingerprint density at radius 3 is 2.40 bits per heavy atom. The van der Waals surface area contributed by atoms with Crippen molar-refractivity contribution in [2.24, 2.45) is 4.99 Å². The van der Waals surface area contributed by atoms with Gasteiger partial charge in [0, 0.05) is 70.4 Å². The van der Waals surface area contributed by atoms with E-state index < -0.39 is 0 Å². The van der Waals surface area contributed by atoms with Gasteiger partial charge in [0.25, 0.3) is 0 Å². The van der Waals surface area contributed by atoms with E-state index in [9.17, 15) is 4.79 Å². The Morgan fingerprint density at radius 1 is 1.10 bits per heavy atom. The Kier molecular flexibility index (Phi) is 11.4. The third-order valence-corrected chi connectivity index (χ3v) is 6.97. The van der Waals surface area contributed by atoms with Crippen molar-refractivity contribution in [3.63, 3.8) is 0 Å². The van der Waals surface area contributed by atoms with E-state index in [0.29, 0.717) is 12.5 Å². The van der Waals surface area contributed by atoms with Crippen molar-refractivity contribution >= 4 is 47.2 Å². The SMILES string of the molecule is CCc1cnc(CCNC(=NC)N2CCN(CC(=O)N3CCCCCC3)CC2)s1.I. The van der Waals surface area contributed by atoms with Gasteiger partial charge in [0.2, 0.25) is 5.91 Å². The molecule has 2 aliphatic heterocycles. The van der Waals surface area contributed by atoms with Crippen LogP contribution in [-0.4, -0.2) is 91.0 Å². The van der Waals surface area contributed by atoms with Crippen LogP contribution in [0, 0.1) is 0 Å². The fourth-order valence-corrected chi connectivity index (χ4v) is 4.83. The lowest BCUT2D eigenvalue weighted by Gasteiger charge is -2.37. The number of carbonyl (C=O) groups is 1. The number of hydrogen-bond acceptors (Lipinski definition) is 5. The van der Waals surface area contributed by atoms with E-state index in [1.54, 1.807) is 11.3 Å². The number of nitrogens with one attached hydrogen (secondary N) is 1. The molecule has 0 aromatic carbocycles. The number of thiazole rings is 1. The molecule has 0 atom stereocenters. The molecular formula is C21H37IN6OS. The minimum absolute atomic E-state index is 0. The molecule has 2 fully saturated rings. The van der Waals surface area contributed by atoms with Gasteiger partial charge in [-0.3, -0.25) is 14.7 Å². The number of halogens is 1. The van der Waals surface area contributed by atoms with E-state index in [-0.39, 0.29) is 24.0 Å². The van der Waals surface area contributed by atoms with Crippen LogP contribution in [0.2, 0.25) is 0 Å². The first-order valence-corrected chi connectivity index (χ1v) is 11.9. The molecule has 0 radical (unpaired) electrons. The lowest BCUT2D eigenvalue weighted by molar-refractivity contribution is -0.132. The highest BCUT2D eigenvalue weighted by atomic mass is 127. The quantitative estimate of drug-likeness (QED) is 0.336. The minimum Gasteiger partial charge on any atom is -0.356 e. The number of likely N-dealkylation sites (tertiary alicyclic amines) is 1. The van der Waals surface area contributed by atoms with Gasteiger partial charge in [-0.2, -0.15) is 0 Å². The van der Waals surface area contributed by atoms with Crippen LogP contribution in [0.5, 0.6) is 0 Å². The Hall–Kier alpha value is -0.940. The third kappa shape index (κ3) is 7.64. The van der Waals surface area contributed by atoms with E-state index in [4.69, 9.17) is 0 Å². The summed E-state index contributed by atoms with van der Waals surface area (Å²) in [6.45, 7) is 9.08. The molecule has 1 aromatic heterocycles. The molecule has 7 nitrogen and oxygen atoms in total. The lowest BCUT2D eigenvalue weighted by atomic mass is 10.2. The topological polar surface area (TPSA) is 64.1 Å². The van der Waals surface area contributed by atoms with Crippen LogP contribution in [0.4, 0.5) is 0 Å². The summed E-state index contributed by atoms with van der Waals surface area (Å²) in [4.78, 5) is 29.6. The molecule has 1 amide bonds. The molecular weight excluding hydrogens is 511 g/mol. The van der Waals surface area contributed by atoms with Crippen LogP contribution in [0.1, 0.15) is 42.5 Å². The molecule has 2 saturated heterocycles. The second-order valence-corrected chi connectivity index (χ2v) is 9.06. The number of rotatable bonds is 6. The Bertz CT molecular complexity index is 666. The number of piperazine rings is 1. The number of aryl methyl sites for hydroxylation is 1. The fourth-order valence-electron chi connectivity index (χ4n) is 3.97. The molecule has 3 heterocycles. The number of aliphatic imine (C=N–C) groups is 1. The average molecular weight is 549 g/mol. The van der Waals surface area contributed by atoms with E-state index in [0.717, 1.165) is 77.5 Å². The molecule has 0 unspecified atom stereocenters. The van der Waals surface area contributed by atoms with Crippen LogP contribution in [0.25, 0.3) is 0 Å². The minimum atomic E-state index is 0. The first-order valence-electron chi connectivity index (χ1n) is 11.1. The van der Waals surface area contributed by atoms with Crippen molar-refractivity contribution < 1.29 is 4.79 Å². The molecule has 0 spiro atoms. The van der Waals surface area contributed by atoms with Gasteiger partial charge in [0.15, 0.2) is 5.96 Å². The van der Waals surface area contributed by atoms with Crippen molar-refractivity contribution in [3.05, 3.63) is 16.1 Å². The van der Waals surface area contributed by atoms with Crippen molar-refractivity contribution in [2.45, 2.75) is 45.4 Å². The third-order valence-electron chi connectivity index (χ3n) is 5.77. The molecule has 2 aliphatic rings. The number of aromatic nitrogens is 1. The molecule has 3 rings (SSSR count). The van der Waals surface area contributed by atoms with Crippen molar-refractivity contribution in [3.8, 4) is 0 Å². The standard InChI is InChI=1S/C21H36N6OS.HI/c1-3-18-16-24-19(29-18)8-9-23-21(22-2)27-14-12-25(13-15-27)17-20(28)26-10-6-4-5-7-11-26;/h16H,3-15,17H2,1-2H3,(H,22,23);1H. The van der Waals surface area contributed by atoms with Gasteiger partial charge in [-0.05, 0) is 19.3 Å². The number of carbonyl (C=O) groups excluding carboxylic acids is 1. The van der Waals surface area contributed by atoms with Gasteiger partial charge in [-0.15, -0.1) is 35.3 Å². The summed E-state index contributed by atoms with van der Waals surface area (Å²) in [7, 11) is 1.84. The lowest BCUT2D eigenvalue weighted by Crippen LogP contribution is -2.54. The highest BCUT2D eigenvalue weighted by Crippen LogP contribution is 2.14. The molecule has 30 heavy (non-hydrogen) atoms. The van der Waals surface area contributed by atoms with Gasteiger partial charge < -0.3 is 15.1 Å². The Morgan fingerprint density at radius 2 is 1.80 bits per heavy atom. The van der Waals surface area contributed by atoms with Gasteiger partial charge in [-0.1, -0.05) is 19.8 Å². The zero-order chi connectivity index (χ0) is 20.5. The van der Waals surface area contributed by atoms with Gasteiger partial charge in [-0.25, -0.2) is 4.98 Å². The summed E-state index contributed by atoms with van der Waals surface area (Å²) in [5, 5.41) is 4.66. The fraction of sp³-hybridized carbons (Fsp3) is 0.762. The normalized spacial score (nSPS) is 18.7. The Labute approximate surface area is 202 Å². The largest absolute Gasteiger partial charge is 0.356 e. The van der Waals surface area contributed by atoms with E-state index in [1.807, 2.05) is 13.2 Å². The first kappa shape index (κ1) is 25.3. The van der Waals surface area contributed by atoms with E-state index >= 15 is 0 Å². The molecule has 170 valence electrons. The maximum Gasteiger partial charge on any atom is 0.236 e. The molecule has 1 aromatic rings. The van der Waals surface area contributed by atoms with Crippen molar-refractivity contribution in [1.29, 1.82) is 0 Å². The average Bonchev–Trinajstić information content (AvgIpc) is 3.03. The summed E-state index contributed by atoms with van der Waals surface area (Å²) in [5.74, 6) is 1.26. The first-order chi connectivity index (χ1) is 14.2. The number of amides is 1. The second-order valence-electron chi connectivity index (χ2n) is 7.86. The van der Waals surface area contributed by atoms with Gasteiger partial charge >= 0.3 is 0 Å². The highest BCUT2D eigenvalue weighted by molar-refractivity contribution is 14.0. The van der Waals surface area contributed by atoms with Gasteiger partial charge in [0.1, 0.15) is 0 Å². The molecule has 0 saturated carbocycles. The van der Waals surface area contributed by atoms with Crippen LogP contribution in [0.15, 0.2) is 11.2 Å². The van der Waals surface area contributed by atoms with Crippen LogP contribution >= 0.6 is 35.3 Å². The zero-order valence-corrected chi connectivity index (χ0v) is 21.6. The van der Waals surface area contributed by atoms with Crippen LogP contribution in [0.3, 0.4) is 0 Å². The predicted molar refractivity (Wildman–Crippen MR) is 135 cm³/mol. The maximum atomic E-state index is 12.6. The summed E-state index contributed by atoms with van der Waals surface area (Å²) < 4.78 is 0. The summed E-state index contributed by atoms with van der Waals surface area (Å²) in [5.41, 5.74) is 0. The summed E-state index contributed by atoms with van der Waals surface area (Å²) in [6.07, 6.45) is 8.80. The Balaban J connectivity index is 0.00000320. The molecule has 1 N–H and O–H groups in total. The number of nitrogens with zero attached hydrogens (tertiary/aromatic N) is 5. The van der Waals surface area contributed by atoms with E-state index in [2.05, 4.69) is 36.9 Å². The molecule has 0 bridgehead atoms. The predicted octanol–water partition coefficient (Wildman–Crippen LogP) is 2.46. The smallest absolute Gasteiger partial charge is 0.236 e. The van der Waals surface area contributed by atoms with Crippen molar-refractivity contribution in [1.82, 2.24) is 25.0 Å². The zero-order valence-electron chi connectivity index (χ0n) is 18.4. The van der Waals surface area contributed by atoms with Crippen LogP contribution < -0.4 is 5.32 Å². The molecule has 0 aliphatic carbocycles. The van der Waals surface area contributed by atoms with Crippen LogP contribution in [-0.2, 0) is 17.6 Å².